The van der Waals surface area contributed by atoms with Crippen molar-refractivity contribution in [1.29, 1.82) is 0 Å². The van der Waals surface area contributed by atoms with Crippen LogP contribution in [0.1, 0.15) is 6.92 Å². The lowest BCUT2D eigenvalue weighted by atomic mass is 10.3. The number of halogens is 1. The third-order valence-corrected chi connectivity index (χ3v) is 2.27. The molecule has 88 valence electrons. The van der Waals surface area contributed by atoms with Gasteiger partial charge in [-0.1, -0.05) is 11.6 Å². The number of rotatable bonds is 3. The summed E-state index contributed by atoms with van der Waals surface area (Å²) in [6.07, 6.45) is 0. The maximum Gasteiger partial charge on any atom is 0.244 e. The van der Waals surface area contributed by atoms with Gasteiger partial charge in [-0.05, 0) is 19.1 Å². The first kappa shape index (κ1) is 12.6. The highest BCUT2D eigenvalue weighted by atomic mass is 35.5. The Morgan fingerprint density at radius 2 is 2.19 bits per heavy atom. The quantitative estimate of drug-likeness (QED) is 0.782. The Balaban J connectivity index is 2.80. The van der Waals surface area contributed by atoms with E-state index >= 15 is 0 Å². The number of likely N-dealkylation sites (N-methyl/N-ethyl adjacent to an activating group) is 1. The topological polar surface area (TPSA) is 71.2 Å². The number of nitrogens with two attached hydrogens (primary N) is 1. The van der Waals surface area contributed by atoms with Crippen molar-refractivity contribution < 1.29 is 4.79 Å². The SMILES string of the molecule is CC(Nc1nc(Cl)ccc1N)C(=O)N(C)C. The normalized spacial score (nSPS) is 12.0. The van der Waals surface area contributed by atoms with Gasteiger partial charge in [-0.15, -0.1) is 0 Å². The minimum absolute atomic E-state index is 0.0545. The van der Waals surface area contributed by atoms with Gasteiger partial charge in [0.25, 0.3) is 0 Å². The third kappa shape index (κ3) is 3.00. The van der Waals surface area contributed by atoms with Gasteiger partial charge in [-0.3, -0.25) is 4.79 Å². The molecule has 6 heteroatoms. The molecular formula is C10H15ClN4O. The maximum absolute atomic E-state index is 11.6. The van der Waals surface area contributed by atoms with Crippen molar-refractivity contribution in [1.82, 2.24) is 9.88 Å². The minimum atomic E-state index is -0.400. The van der Waals surface area contributed by atoms with Crippen LogP contribution >= 0.6 is 11.6 Å². The van der Waals surface area contributed by atoms with Crippen LogP contribution in [-0.2, 0) is 4.79 Å². The number of pyridine rings is 1. The van der Waals surface area contributed by atoms with Crippen molar-refractivity contribution in [3.05, 3.63) is 17.3 Å². The van der Waals surface area contributed by atoms with Gasteiger partial charge in [0.1, 0.15) is 11.2 Å². The Bertz CT molecular complexity index is 394. The number of carbonyl (C=O) groups excluding carboxylic acids is 1. The summed E-state index contributed by atoms with van der Waals surface area (Å²) in [6, 6.07) is 2.84. The summed E-state index contributed by atoms with van der Waals surface area (Å²) in [5, 5.41) is 3.25. The predicted molar refractivity (Wildman–Crippen MR) is 65.4 cm³/mol. The van der Waals surface area contributed by atoms with Gasteiger partial charge >= 0.3 is 0 Å². The zero-order valence-corrected chi connectivity index (χ0v) is 10.2. The molecule has 0 aliphatic carbocycles. The molecule has 1 aromatic heterocycles. The van der Waals surface area contributed by atoms with E-state index in [0.717, 1.165) is 0 Å². The van der Waals surface area contributed by atoms with Crippen LogP contribution in [0.5, 0.6) is 0 Å². The van der Waals surface area contributed by atoms with Gasteiger partial charge in [0.2, 0.25) is 5.91 Å². The van der Waals surface area contributed by atoms with E-state index in [4.69, 9.17) is 17.3 Å². The highest BCUT2D eigenvalue weighted by Gasteiger charge is 2.16. The summed E-state index contributed by atoms with van der Waals surface area (Å²) < 4.78 is 0. The van der Waals surface area contributed by atoms with E-state index in [9.17, 15) is 4.79 Å². The summed E-state index contributed by atoms with van der Waals surface area (Å²) in [4.78, 5) is 17.1. The molecule has 1 amide bonds. The first-order valence-electron chi connectivity index (χ1n) is 4.81. The van der Waals surface area contributed by atoms with Crippen molar-refractivity contribution in [3.8, 4) is 0 Å². The van der Waals surface area contributed by atoms with E-state index in [2.05, 4.69) is 10.3 Å². The number of nitrogens with zero attached hydrogens (tertiary/aromatic N) is 2. The Morgan fingerprint density at radius 1 is 1.56 bits per heavy atom. The molecule has 0 aromatic carbocycles. The first-order valence-corrected chi connectivity index (χ1v) is 5.19. The Labute approximate surface area is 99.6 Å². The Kier molecular flexibility index (Phi) is 3.95. The number of amides is 1. The number of nitrogen functional groups attached to an aromatic ring is 1. The van der Waals surface area contributed by atoms with Crippen molar-refractivity contribution in [3.63, 3.8) is 0 Å². The number of aromatic nitrogens is 1. The monoisotopic (exact) mass is 242 g/mol. The fraction of sp³-hybridized carbons (Fsp3) is 0.400. The smallest absolute Gasteiger partial charge is 0.244 e. The van der Waals surface area contributed by atoms with Crippen LogP contribution in [0.15, 0.2) is 12.1 Å². The number of anilines is 2. The second-order valence-corrected chi connectivity index (χ2v) is 4.06. The molecule has 0 bridgehead atoms. The molecule has 0 fully saturated rings. The Morgan fingerprint density at radius 3 is 2.75 bits per heavy atom. The summed E-state index contributed by atoms with van der Waals surface area (Å²) in [7, 11) is 3.38. The van der Waals surface area contributed by atoms with E-state index in [-0.39, 0.29) is 5.91 Å². The summed E-state index contributed by atoms with van der Waals surface area (Å²) >= 11 is 5.74. The largest absolute Gasteiger partial charge is 0.396 e. The lowest BCUT2D eigenvalue weighted by Crippen LogP contribution is -2.37. The standard InChI is InChI=1S/C10H15ClN4O/c1-6(10(16)15(2)3)13-9-7(12)4-5-8(11)14-9/h4-6H,12H2,1-3H3,(H,13,14). The molecule has 0 saturated heterocycles. The molecular weight excluding hydrogens is 228 g/mol. The van der Waals surface area contributed by atoms with E-state index in [0.29, 0.717) is 16.7 Å². The van der Waals surface area contributed by atoms with Crippen LogP contribution in [0, 0.1) is 0 Å². The Hall–Kier alpha value is -1.49. The predicted octanol–water partition coefficient (Wildman–Crippen LogP) is 1.21. The molecule has 0 radical (unpaired) electrons. The van der Waals surface area contributed by atoms with Crippen molar-refractivity contribution in [2.24, 2.45) is 0 Å². The molecule has 1 unspecified atom stereocenters. The van der Waals surface area contributed by atoms with E-state index < -0.39 is 6.04 Å². The molecule has 0 aliphatic heterocycles. The summed E-state index contributed by atoms with van der Waals surface area (Å²) in [5.41, 5.74) is 6.17. The second kappa shape index (κ2) is 5.03. The first-order chi connectivity index (χ1) is 7.41. The molecule has 0 spiro atoms. The number of carbonyl (C=O) groups is 1. The molecule has 3 N–H and O–H groups in total. The lowest BCUT2D eigenvalue weighted by Gasteiger charge is -2.19. The van der Waals surface area contributed by atoms with Crippen molar-refractivity contribution in [2.75, 3.05) is 25.1 Å². The minimum Gasteiger partial charge on any atom is -0.396 e. The molecule has 1 heterocycles. The second-order valence-electron chi connectivity index (χ2n) is 3.67. The molecule has 1 rings (SSSR count). The van der Waals surface area contributed by atoms with Crippen molar-refractivity contribution in [2.45, 2.75) is 13.0 Å². The van der Waals surface area contributed by atoms with Gasteiger partial charge in [-0.25, -0.2) is 4.98 Å². The average Bonchev–Trinajstić information content (AvgIpc) is 2.22. The molecule has 0 saturated carbocycles. The van der Waals surface area contributed by atoms with Gasteiger partial charge in [0.05, 0.1) is 5.69 Å². The van der Waals surface area contributed by atoms with Gasteiger partial charge < -0.3 is 16.0 Å². The molecule has 1 aromatic rings. The van der Waals surface area contributed by atoms with Gasteiger partial charge in [0, 0.05) is 14.1 Å². The van der Waals surface area contributed by atoms with E-state index in [1.165, 1.54) is 4.90 Å². The third-order valence-electron chi connectivity index (χ3n) is 2.06. The molecule has 0 aliphatic rings. The van der Waals surface area contributed by atoms with Crippen LogP contribution in [0.3, 0.4) is 0 Å². The summed E-state index contributed by atoms with van der Waals surface area (Å²) in [5.74, 6) is 0.372. The number of nitrogens with one attached hydrogen (secondary N) is 1. The van der Waals surface area contributed by atoms with E-state index in [1.54, 1.807) is 33.2 Å². The zero-order valence-electron chi connectivity index (χ0n) is 9.49. The zero-order chi connectivity index (χ0) is 12.3. The fourth-order valence-corrected chi connectivity index (χ4v) is 1.36. The molecule has 16 heavy (non-hydrogen) atoms. The number of hydrogen-bond acceptors (Lipinski definition) is 4. The van der Waals surface area contributed by atoms with Crippen LogP contribution in [0.25, 0.3) is 0 Å². The highest BCUT2D eigenvalue weighted by Crippen LogP contribution is 2.19. The van der Waals surface area contributed by atoms with Crippen LogP contribution in [0.4, 0.5) is 11.5 Å². The van der Waals surface area contributed by atoms with Crippen LogP contribution in [0.2, 0.25) is 5.15 Å². The average molecular weight is 243 g/mol. The van der Waals surface area contributed by atoms with Gasteiger partial charge in [0.15, 0.2) is 5.82 Å². The summed E-state index contributed by atoms with van der Waals surface area (Å²) in [6.45, 7) is 1.74. The van der Waals surface area contributed by atoms with Crippen molar-refractivity contribution >= 4 is 29.0 Å². The fourth-order valence-electron chi connectivity index (χ4n) is 1.22. The van der Waals surface area contributed by atoms with E-state index in [1.807, 2.05) is 0 Å². The molecule has 1 atom stereocenters. The van der Waals surface area contributed by atoms with Crippen LogP contribution < -0.4 is 11.1 Å². The maximum atomic E-state index is 11.6. The van der Waals surface area contributed by atoms with Crippen LogP contribution in [-0.4, -0.2) is 35.9 Å². The molecule has 5 nitrogen and oxygen atoms in total. The number of hydrogen-bond donors (Lipinski definition) is 2. The highest BCUT2D eigenvalue weighted by molar-refractivity contribution is 6.29. The lowest BCUT2D eigenvalue weighted by molar-refractivity contribution is -0.129. The van der Waals surface area contributed by atoms with Gasteiger partial charge in [-0.2, -0.15) is 0 Å².